The molecule has 442 valence electrons. The molecular weight excluding hydrogens is 1070 g/mol. The zero-order valence-electron chi connectivity index (χ0n) is 51.2. The number of hydrogen-bond acceptors (Lipinski definition) is 12. The van der Waals surface area contributed by atoms with Gasteiger partial charge in [0.15, 0.2) is 0 Å². The number of amides is 2. The number of aryl methyl sites for hydroxylation is 4. The zero-order chi connectivity index (χ0) is 60.7. The quantitative estimate of drug-likeness (QED) is 0.0608. The van der Waals surface area contributed by atoms with Crippen LogP contribution >= 0.6 is 0 Å². The van der Waals surface area contributed by atoms with E-state index in [4.69, 9.17) is 18.8 Å². The van der Waals surface area contributed by atoms with Gasteiger partial charge >= 0.3 is 19.1 Å². The van der Waals surface area contributed by atoms with Crippen molar-refractivity contribution < 1.29 is 38.0 Å². The van der Waals surface area contributed by atoms with E-state index in [9.17, 15) is 19.2 Å². The van der Waals surface area contributed by atoms with Gasteiger partial charge in [0.25, 0.3) is 11.8 Å². The van der Waals surface area contributed by atoms with Gasteiger partial charge in [-0.3, -0.25) is 14.4 Å². The molecule has 6 aromatic carbocycles. The molecule has 2 amide bonds. The average molecular weight is 1150 g/mol. The molecule has 3 atom stereocenters. The van der Waals surface area contributed by atoms with E-state index in [1.807, 2.05) is 133 Å². The predicted molar refractivity (Wildman–Crippen MR) is 332 cm³/mol. The molecule has 0 bridgehead atoms. The van der Waals surface area contributed by atoms with Crippen molar-refractivity contribution in [2.24, 2.45) is 0 Å². The number of ether oxygens (including phenoxy) is 2. The molecular formula is C68H79BN8O8. The Hall–Kier alpha value is -8.28. The second-order valence-electron chi connectivity index (χ2n) is 23.1. The van der Waals surface area contributed by atoms with Crippen molar-refractivity contribution in [3.63, 3.8) is 0 Å². The van der Waals surface area contributed by atoms with Crippen LogP contribution in [-0.2, 0) is 67.4 Å². The van der Waals surface area contributed by atoms with Crippen molar-refractivity contribution in [3.8, 4) is 0 Å². The Labute approximate surface area is 499 Å². The molecule has 8 aromatic rings. The van der Waals surface area contributed by atoms with Crippen molar-refractivity contribution >= 4 is 64.5 Å². The molecule has 5 heterocycles. The first-order chi connectivity index (χ1) is 40.8. The Morgan fingerprint density at radius 3 is 1.66 bits per heavy atom. The van der Waals surface area contributed by atoms with E-state index in [1.54, 1.807) is 13.0 Å². The van der Waals surface area contributed by atoms with Crippen molar-refractivity contribution in [1.29, 1.82) is 0 Å². The summed E-state index contributed by atoms with van der Waals surface area (Å²) in [6.07, 6.45) is 5.06. The summed E-state index contributed by atoms with van der Waals surface area (Å²) in [6.45, 7) is 27.6. The van der Waals surface area contributed by atoms with E-state index in [1.165, 1.54) is 22.8 Å². The Morgan fingerprint density at radius 1 is 0.624 bits per heavy atom. The molecule has 0 aliphatic carbocycles. The minimum absolute atomic E-state index is 0.0394. The van der Waals surface area contributed by atoms with Gasteiger partial charge in [0, 0.05) is 61.4 Å². The van der Waals surface area contributed by atoms with Crippen LogP contribution in [-0.4, -0.2) is 107 Å². The van der Waals surface area contributed by atoms with Crippen molar-refractivity contribution in [2.45, 2.75) is 158 Å². The molecule has 0 spiro atoms. The predicted octanol–water partition coefficient (Wildman–Crippen LogP) is 11.3. The second kappa shape index (κ2) is 26.3. The molecule has 17 heteroatoms. The lowest BCUT2D eigenvalue weighted by Crippen LogP contribution is -2.43. The van der Waals surface area contributed by atoms with Crippen molar-refractivity contribution in [2.75, 3.05) is 13.2 Å². The van der Waals surface area contributed by atoms with Crippen molar-refractivity contribution in [3.05, 3.63) is 189 Å². The number of rotatable bonds is 13. The standard InChI is InChI=1S/C31H34N4O3.C23H28BNO3.C14H17N3O2/c1-5-35-28-15-14-26(21(4)30(28)32-33-35)27(18-29(36)38-6-2)24-13-12-23-16-20(3)34(19-25(23)17-24)31(37)22-10-8-7-9-11-22;1-16-13-18-11-12-20(24-27-22(2,3)23(4,5)28-24)14-19(18)15-25(16)21(26)17-9-7-6-8-10-17;1-4-17-12-8-6-11(7-9-13(18)19-5-2)10(3)14(12)15-16-17/h7-15,17,20,27H,5-6,16,18-19H2,1-4H3;6-12,14,16H,13,15H2,1-5H3;6-9H,4-5H2,1-3H3/b;;9-7+. The van der Waals surface area contributed by atoms with Crippen LogP contribution in [0.25, 0.3) is 28.1 Å². The summed E-state index contributed by atoms with van der Waals surface area (Å²) >= 11 is 0. The highest BCUT2D eigenvalue weighted by Gasteiger charge is 2.52. The molecule has 16 nitrogen and oxygen atoms in total. The summed E-state index contributed by atoms with van der Waals surface area (Å²) < 4.78 is 26.4. The Balaban J connectivity index is 0.000000162. The van der Waals surface area contributed by atoms with Gasteiger partial charge in [-0.25, -0.2) is 14.2 Å². The monoisotopic (exact) mass is 1150 g/mol. The number of fused-ring (bicyclic) bond motifs is 4. The number of aromatic nitrogens is 6. The van der Waals surface area contributed by atoms with Gasteiger partial charge in [-0.15, -0.1) is 10.2 Å². The maximum atomic E-state index is 13.3. The van der Waals surface area contributed by atoms with Gasteiger partial charge in [0.2, 0.25) is 0 Å². The van der Waals surface area contributed by atoms with E-state index in [0.717, 1.165) is 92.4 Å². The molecule has 0 saturated carbocycles. The topological polar surface area (TPSA) is 173 Å². The van der Waals surface area contributed by atoms with Crippen LogP contribution in [0.15, 0.2) is 127 Å². The van der Waals surface area contributed by atoms with Crippen LogP contribution in [0, 0.1) is 13.8 Å². The number of carbonyl (C=O) groups excluding carboxylic acids is 4. The molecule has 2 aromatic heterocycles. The number of nitrogens with zero attached hydrogens (tertiary/aromatic N) is 8. The molecule has 1 saturated heterocycles. The number of hydrogen-bond donors (Lipinski definition) is 0. The first-order valence-electron chi connectivity index (χ1n) is 29.7. The largest absolute Gasteiger partial charge is 0.494 e. The lowest BCUT2D eigenvalue weighted by atomic mass is 9.76. The second-order valence-corrected chi connectivity index (χ2v) is 23.1. The van der Waals surface area contributed by atoms with Crippen molar-refractivity contribution in [1.82, 2.24) is 39.8 Å². The molecule has 11 rings (SSSR count). The molecule has 3 unspecified atom stereocenters. The lowest BCUT2D eigenvalue weighted by Gasteiger charge is -2.35. The van der Waals surface area contributed by atoms with Gasteiger partial charge in [-0.2, -0.15) is 0 Å². The highest BCUT2D eigenvalue weighted by Crippen LogP contribution is 2.38. The maximum Gasteiger partial charge on any atom is 0.494 e. The summed E-state index contributed by atoms with van der Waals surface area (Å²) in [4.78, 5) is 54.3. The van der Waals surface area contributed by atoms with E-state index in [2.05, 4.69) is 105 Å². The Bertz CT molecular complexity index is 3730. The highest BCUT2D eigenvalue weighted by atomic mass is 16.7. The molecule has 0 radical (unpaired) electrons. The molecule has 3 aliphatic rings. The van der Waals surface area contributed by atoms with E-state index in [0.29, 0.717) is 31.9 Å². The fraction of sp³-hybridized carbons (Fsp3) is 0.382. The zero-order valence-corrected chi connectivity index (χ0v) is 51.2. The minimum atomic E-state index is -0.382. The van der Waals surface area contributed by atoms with Gasteiger partial charge in [0.05, 0.1) is 41.9 Å². The van der Waals surface area contributed by atoms with E-state index < -0.39 is 0 Å². The van der Waals surface area contributed by atoms with Gasteiger partial charge < -0.3 is 28.6 Å². The van der Waals surface area contributed by atoms with E-state index in [-0.39, 0.29) is 66.5 Å². The summed E-state index contributed by atoms with van der Waals surface area (Å²) in [7, 11) is -0.382. The summed E-state index contributed by atoms with van der Waals surface area (Å²) in [5.74, 6) is -0.647. The normalized spacial score (nSPS) is 17.1. The number of benzene rings is 6. The Morgan fingerprint density at radius 2 is 1.13 bits per heavy atom. The molecule has 3 aliphatic heterocycles. The van der Waals surface area contributed by atoms with E-state index >= 15 is 0 Å². The van der Waals surface area contributed by atoms with Crippen LogP contribution < -0.4 is 5.46 Å². The van der Waals surface area contributed by atoms with Gasteiger partial charge in [-0.1, -0.05) is 95.4 Å². The van der Waals surface area contributed by atoms with Crippen LogP contribution in [0.2, 0.25) is 0 Å². The number of carbonyl (C=O) groups is 4. The molecule has 0 N–H and O–H groups in total. The first-order valence-corrected chi connectivity index (χ1v) is 29.7. The fourth-order valence-corrected chi connectivity index (χ4v) is 11.4. The van der Waals surface area contributed by atoms with Crippen LogP contribution in [0.5, 0.6) is 0 Å². The maximum absolute atomic E-state index is 13.3. The summed E-state index contributed by atoms with van der Waals surface area (Å²) in [5.41, 5.74) is 15.3. The minimum Gasteiger partial charge on any atom is -0.466 e. The SMILES string of the molecule is CC1Cc2ccc(B3OC(C)(C)C(C)(C)O3)cc2CN1C(=O)c1ccccc1.CCOC(=O)/C=C/c1ccc2c(nnn2CC)c1C.CCOC(=O)CC(c1ccc2c(c1)CN(C(=O)c1ccccc1)C(C)C2)c1ccc2c(nnn2CC)c1C. The van der Waals surface area contributed by atoms with Crippen LogP contribution in [0.4, 0.5) is 0 Å². The summed E-state index contributed by atoms with van der Waals surface area (Å²) in [5, 5.41) is 17.0. The highest BCUT2D eigenvalue weighted by molar-refractivity contribution is 6.62. The third kappa shape index (κ3) is 13.3. The fourth-order valence-electron chi connectivity index (χ4n) is 11.4. The first kappa shape index (κ1) is 61.3. The lowest BCUT2D eigenvalue weighted by molar-refractivity contribution is -0.143. The number of esters is 2. The molecule has 1 fully saturated rings. The van der Waals surface area contributed by atoms with Crippen LogP contribution in [0.1, 0.15) is 152 Å². The smallest absolute Gasteiger partial charge is 0.466 e. The Kier molecular flexibility index (Phi) is 19.0. The van der Waals surface area contributed by atoms with Gasteiger partial charge in [0.1, 0.15) is 11.0 Å². The molecule has 85 heavy (non-hydrogen) atoms. The summed E-state index contributed by atoms with van der Waals surface area (Å²) in [6, 6.07) is 40.1. The third-order valence-electron chi connectivity index (χ3n) is 17.0. The van der Waals surface area contributed by atoms with Gasteiger partial charge in [-0.05, 0) is 194 Å². The third-order valence-corrected chi connectivity index (χ3v) is 17.0. The average Bonchev–Trinajstić information content (AvgIpc) is 4.03. The van der Waals surface area contributed by atoms with Crippen LogP contribution in [0.3, 0.4) is 0 Å².